The number of hydrogen-bond donors (Lipinski definition) is 1. The average Bonchev–Trinajstić information content (AvgIpc) is 3.02. The van der Waals surface area contributed by atoms with Gasteiger partial charge in [-0.25, -0.2) is 4.98 Å². The second-order valence-electron chi connectivity index (χ2n) is 5.62. The predicted octanol–water partition coefficient (Wildman–Crippen LogP) is 3.95. The molecule has 0 spiro atoms. The molecule has 4 heteroatoms. The van der Waals surface area contributed by atoms with Crippen LogP contribution in [0.2, 0.25) is 0 Å². The van der Waals surface area contributed by atoms with Gasteiger partial charge in [0.2, 0.25) is 0 Å². The fourth-order valence-electron chi connectivity index (χ4n) is 2.63. The van der Waals surface area contributed by atoms with E-state index in [1.165, 1.54) is 0 Å². The summed E-state index contributed by atoms with van der Waals surface area (Å²) in [5.74, 6) is -0.0303. The summed E-state index contributed by atoms with van der Waals surface area (Å²) in [6, 6.07) is 15.7. The highest BCUT2D eigenvalue weighted by Gasteiger charge is 2.09. The fourth-order valence-corrected chi connectivity index (χ4v) is 2.63. The molecular formula is C19H21N3O. The van der Waals surface area contributed by atoms with E-state index in [1.54, 1.807) is 6.33 Å². The van der Waals surface area contributed by atoms with E-state index in [9.17, 15) is 4.79 Å². The summed E-state index contributed by atoms with van der Waals surface area (Å²) < 4.78 is 2.03. The molecule has 0 aliphatic carbocycles. The van der Waals surface area contributed by atoms with E-state index in [-0.39, 0.29) is 5.91 Å². The number of unbranched alkanes of at least 4 members (excludes halogenated alkanes) is 2. The lowest BCUT2D eigenvalue weighted by Gasteiger charge is -2.06. The van der Waals surface area contributed by atoms with Gasteiger partial charge in [0.25, 0.3) is 5.91 Å². The van der Waals surface area contributed by atoms with Crippen molar-refractivity contribution in [3.63, 3.8) is 0 Å². The molecule has 0 bridgehead atoms. The van der Waals surface area contributed by atoms with Crippen LogP contribution in [0.5, 0.6) is 0 Å². The molecule has 23 heavy (non-hydrogen) atoms. The second kappa shape index (κ2) is 7.09. The maximum atomic E-state index is 12.2. The van der Waals surface area contributed by atoms with Crippen LogP contribution in [0, 0.1) is 0 Å². The summed E-state index contributed by atoms with van der Waals surface area (Å²) in [6.07, 6.45) is 5.11. The average molecular weight is 307 g/mol. The zero-order chi connectivity index (χ0) is 16.1. The molecule has 1 aromatic heterocycles. The van der Waals surface area contributed by atoms with E-state index in [4.69, 9.17) is 0 Å². The predicted molar refractivity (Wildman–Crippen MR) is 92.9 cm³/mol. The highest BCUT2D eigenvalue weighted by atomic mass is 16.1. The Morgan fingerprint density at radius 3 is 2.74 bits per heavy atom. The van der Waals surface area contributed by atoms with Crippen LogP contribution < -0.4 is 5.32 Å². The van der Waals surface area contributed by atoms with Crippen molar-refractivity contribution in [2.75, 3.05) is 6.54 Å². The van der Waals surface area contributed by atoms with Gasteiger partial charge in [0.15, 0.2) is 0 Å². The highest BCUT2D eigenvalue weighted by molar-refractivity contribution is 5.97. The molecule has 2 aromatic carbocycles. The van der Waals surface area contributed by atoms with Crippen molar-refractivity contribution in [1.82, 2.24) is 14.9 Å². The van der Waals surface area contributed by atoms with Gasteiger partial charge < -0.3 is 5.32 Å². The van der Waals surface area contributed by atoms with Crippen LogP contribution in [0.4, 0.5) is 0 Å². The molecule has 0 atom stereocenters. The first kappa shape index (κ1) is 15.3. The molecule has 0 saturated heterocycles. The first-order valence-corrected chi connectivity index (χ1v) is 8.10. The van der Waals surface area contributed by atoms with Crippen LogP contribution in [0.3, 0.4) is 0 Å². The first-order valence-electron chi connectivity index (χ1n) is 8.10. The standard InChI is InChI=1S/C19H21N3O/c1-2-3-7-12-20-19(23)15-10-11-18-17(13-15)21-14-22(18)16-8-5-4-6-9-16/h4-6,8-11,13-14H,2-3,7,12H2,1H3,(H,20,23). The third kappa shape index (κ3) is 3.42. The summed E-state index contributed by atoms with van der Waals surface area (Å²) in [5, 5.41) is 2.96. The largest absolute Gasteiger partial charge is 0.352 e. The van der Waals surface area contributed by atoms with E-state index in [2.05, 4.69) is 17.2 Å². The van der Waals surface area contributed by atoms with E-state index < -0.39 is 0 Å². The maximum Gasteiger partial charge on any atom is 0.251 e. The molecular weight excluding hydrogens is 286 g/mol. The Labute approximate surface area is 136 Å². The van der Waals surface area contributed by atoms with Crippen LogP contribution >= 0.6 is 0 Å². The second-order valence-corrected chi connectivity index (χ2v) is 5.62. The van der Waals surface area contributed by atoms with Crippen molar-refractivity contribution in [3.8, 4) is 5.69 Å². The minimum absolute atomic E-state index is 0.0303. The van der Waals surface area contributed by atoms with Gasteiger partial charge in [0, 0.05) is 17.8 Å². The van der Waals surface area contributed by atoms with Gasteiger partial charge in [0.1, 0.15) is 6.33 Å². The summed E-state index contributed by atoms with van der Waals surface area (Å²) in [6.45, 7) is 2.88. The van der Waals surface area contributed by atoms with Gasteiger partial charge in [-0.15, -0.1) is 0 Å². The zero-order valence-electron chi connectivity index (χ0n) is 13.3. The van der Waals surface area contributed by atoms with Crippen molar-refractivity contribution in [3.05, 3.63) is 60.4 Å². The topological polar surface area (TPSA) is 46.9 Å². The fraction of sp³-hybridized carbons (Fsp3) is 0.263. The Morgan fingerprint density at radius 1 is 1.13 bits per heavy atom. The normalized spacial score (nSPS) is 10.8. The van der Waals surface area contributed by atoms with Crippen LogP contribution in [0.25, 0.3) is 16.7 Å². The molecule has 0 unspecified atom stereocenters. The number of fused-ring (bicyclic) bond motifs is 1. The third-order valence-electron chi connectivity index (χ3n) is 3.91. The quantitative estimate of drug-likeness (QED) is 0.701. The van der Waals surface area contributed by atoms with Gasteiger partial charge in [-0.3, -0.25) is 9.36 Å². The van der Waals surface area contributed by atoms with Crippen LogP contribution in [0.15, 0.2) is 54.9 Å². The number of hydrogen-bond acceptors (Lipinski definition) is 2. The number of imidazole rings is 1. The Kier molecular flexibility index (Phi) is 4.71. The molecule has 4 nitrogen and oxygen atoms in total. The van der Waals surface area contributed by atoms with E-state index in [0.717, 1.165) is 42.5 Å². The van der Waals surface area contributed by atoms with Gasteiger partial charge in [-0.05, 0) is 36.8 Å². The third-order valence-corrected chi connectivity index (χ3v) is 3.91. The minimum Gasteiger partial charge on any atom is -0.352 e. The van der Waals surface area contributed by atoms with Crippen molar-refractivity contribution in [2.45, 2.75) is 26.2 Å². The van der Waals surface area contributed by atoms with Crippen LogP contribution in [-0.2, 0) is 0 Å². The summed E-state index contributed by atoms with van der Waals surface area (Å²) in [4.78, 5) is 16.6. The van der Waals surface area contributed by atoms with E-state index >= 15 is 0 Å². The van der Waals surface area contributed by atoms with E-state index in [1.807, 2.05) is 53.1 Å². The summed E-state index contributed by atoms with van der Waals surface area (Å²) in [7, 11) is 0. The SMILES string of the molecule is CCCCCNC(=O)c1ccc2c(c1)ncn2-c1ccccc1. The molecule has 1 N–H and O–H groups in total. The van der Waals surface area contributed by atoms with Crippen LogP contribution in [-0.4, -0.2) is 22.0 Å². The van der Waals surface area contributed by atoms with Crippen molar-refractivity contribution >= 4 is 16.9 Å². The summed E-state index contributed by atoms with van der Waals surface area (Å²) in [5.41, 5.74) is 3.55. The molecule has 0 radical (unpaired) electrons. The number of amides is 1. The molecule has 0 fully saturated rings. The molecule has 0 aliphatic rings. The van der Waals surface area contributed by atoms with Gasteiger partial charge in [-0.2, -0.15) is 0 Å². The summed E-state index contributed by atoms with van der Waals surface area (Å²) >= 11 is 0. The zero-order valence-corrected chi connectivity index (χ0v) is 13.3. The Balaban J connectivity index is 1.80. The highest BCUT2D eigenvalue weighted by Crippen LogP contribution is 2.19. The number of nitrogens with one attached hydrogen (secondary N) is 1. The lowest BCUT2D eigenvalue weighted by molar-refractivity contribution is 0.0953. The van der Waals surface area contributed by atoms with Gasteiger partial charge in [0.05, 0.1) is 11.0 Å². The first-order chi connectivity index (χ1) is 11.3. The molecule has 0 saturated carbocycles. The Hall–Kier alpha value is -2.62. The molecule has 3 aromatic rings. The lowest BCUT2D eigenvalue weighted by Crippen LogP contribution is -2.24. The van der Waals surface area contributed by atoms with Gasteiger partial charge in [-0.1, -0.05) is 38.0 Å². The molecule has 3 rings (SSSR count). The maximum absolute atomic E-state index is 12.2. The van der Waals surface area contributed by atoms with Crippen molar-refractivity contribution in [1.29, 1.82) is 0 Å². The van der Waals surface area contributed by atoms with Crippen molar-refractivity contribution < 1.29 is 4.79 Å². The van der Waals surface area contributed by atoms with E-state index in [0.29, 0.717) is 5.56 Å². The number of carbonyl (C=O) groups excluding carboxylic acids is 1. The molecule has 1 heterocycles. The number of para-hydroxylation sites is 1. The number of aromatic nitrogens is 2. The Morgan fingerprint density at radius 2 is 1.96 bits per heavy atom. The van der Waals surface area contributed by atoms with Crippen LogP contribution in [0.1, 0.15) is 36.5 Å². The number of rotatable bonds is 6. The minimum atomic E-state index is -0.0303. The molecule has 0 aliphatic heterocycles. The van der Waals surface area contributed by atoms with Gasteiger partial charge >= 0.3 is 0 Å². The smallest absolute Gasteiger partial charge is 0.251 e. The molecule has 118 valence electrons. The number of carbonyl (C=O) groups is 1. The molecule has 1 amide bonds. The number of nitrogens with zero attached hydrogens (tertiary/aromatic N) is 2. The monoisotopic (exact) mass is 307 g/mol. The lowest BCUT2D eigenvalue weighted by atomic mass is 10.1. The Bertz CT molecular complexity index is 793. The number of benzene rings is 2. The van der Waals surface area contributed by atoms with Crippen molar-refractivity contribution in [2.24, 2.45) is 0 Å².